The lowest BCUT2D eigenvalue weighted by Gasteiger charge is -2.29. The third-order valence-corrected chi connectivity index (χ3v) is 4.52. The van der Waals surface area contributed by atoms with Crippen LogP contribution in [0.1, 0.15) is 31.2 Å². The van der Waals surface area contributed by atoms with E-state index in [9.17, 15) is 18.0 Å². The standard InChI is InChI=1S/C17H19F3N4O/c18-17(19,20)14-4-1-3-13(10-14)16(25)22-11-12-5-7-21-15(9-12)24-8-2-6-23-24/h2,5-9,13-14H,1,3-4,10-11H2,(H,22,25)/t13-,14-/m1/s1. The lowest BCUT2D eigenvalue weighted by Crippen LogP contribution is -2.37. The number of pyridine rings is 1. The number of nitrogens with one attached hydrogen (secondary N) is 1. The number of nitrogens with zero attached hydrogens (tertiary/aromatic N) is 3. The molecule has 3 rings (SSSR count). The average molecular weight is 352 g/mol. The van der Waals surface area contributed by atoms with Crippen LogP contribution in [0.4, 0.5) is 13.2 Å². The summed E-state index contributed by atoms with van der Waals surface area (Å²) in [6.07, 6.45) is 1.71. The Labute approximate surface area is 143 Å². The van der Waals surface area contributed by atoms with E-state index in [0.29, 0.717) is 18.7 Å². The molecule has 0 unspecified atom stereocenters. The molecule has 25 heavy (non-hydrogen) atoms. The number of rotatable bonds is 4. The molecule has 1 saturated carbocycles. The van der Waals surface area contributed by atoms with Crippen molar-refractivity contribution in [2.75, 3.05) is 0 Å². The highest BCUT2D eigenvalue weighted by Crippen LogP contribution is 2.39. The monoisotopic (exact) mass is 352 g/mol. The van der Waals surface area contributed by atoms with Crippen molar-refractivity contribution in [1.82, 2.24) is 20.1 Å². The predicted octanol–water partition coefficient (Wildman–Crippen LogP) is 3.25. The maximum absolute atomic E-state index is 12.9. The first-order valence-corrected chi connectivity index (χ1v) is 8.23. The zero-order chi connectivity index (χ0) is 17.9. The topological polar surface area (TPSA) is 59.8 Å². The Bertz CT molecular complexity index is 715. The highest BCUT2D eigenvalue weighted by atomic mass is 19.4. The van der Waals surface area contributed by atoms with Crippen LogP contribution in [0.2, 0.25) is 0 Å². The number of carbonyl (C=O) groups excluding carboxylic acids is 1. The van der Waals surface area contributed by atoms with Gasteiger partial charge >= 0.3 is 6.18 Å². The number of amides is 1. The van der Waals surface area contributed by atoms with Gasteiger partial charge in [0.2, 0.25) is 5.91 Å². The molecule has 0 aliphatic heterocycles. The maximum atomic E-state index is 12.9. The minimum atomic E-state index is -4.22. The molecule has 2 aromatic heterocycles. The van der Waals surface area contributed by atoms with Gasteiger partial charge in [0, 0.05) is 31.1 Å². The van der Waals surface area contributed by atoms with Gasteiger partial charge in [0.1, 0.15) is 0 Å². The van der Waals surface area contributed by atoms with Crippen LogP contribution < -0.4 is 5.32 Å². The van der Waals surface area contributed by atoms with Gasteiger partial charge in [0.15, 0.2) is 5.82 Å². The summed E-state index contributed by atoms with van der Waals surface area (Å²) in [5.41, 5.74) is 0.817. The number of hydrogen-bond acceptors (Lipinski definition) is 3. The van der Waals surface area contributed by atoms with Gasteiger partial charge in [-0.15, -0.1) is 0 Å². The second-order valence-corrected chi connectivity index (χ2v) is 6.29. The quantitative estimate of drug-likeness (QED) is 0.919. The summed E-state index contributed by atoms with van der Waals surface area (Å²) in [7, 11) is 0. The fourth-order valence-corrected chi connectivity index (χ4v) is 3.16. The fourth-order valence-electron chi connectivity index (χ4n) is 3.16. The molecule has 1 N–H and O–H groups in total. The van der Waals surface area contributed by atoms with Crippen LogP contribution in [0.5, 0.6) is 0 Å². The van der Waals surface area contributed by atoms with Gasteiger partial charge in [0.05, 0.1) is 5.92 Å². The summed E-state index contributed by atoms with van der Waals surface area (Å²) in [6.45, 7) is 0.253. The number of hydrogen-bond donors (Lipinski definition) is 1. The molecule has 2 heterocycles. The number of aromatic nitrogens is 3. The van der Waals surface area contributed by atoms with Crippen molar-refractivity contribution < 1.29 is 18.0 Å². The third kappa shape index (κ3) is 4.37. The Kier molecular flexibility index (Phi) is 5.06. The van der Waals surface area contributed by atoms with Crippen molar-refractivity contribution in [1.29, 1.82) is 0 Å². The minimum absolute atomic E-state index is 0.116. The van der Waals surface area contributed by atoms with Gasteiger partial charge in [-0.2, -0.15) is 18.3 Å². The number of halogens is 3. The molecule has 1 aliphatic rings. The highest BCUT2D eigenvalue weighted by Gasteiger charge is 2.43. The van der Waals surface area contributed by atoms with Crippen molar-refractivity contribution in [3.8, 4) is 5.82 Å². The summed E-state index contributed by atoms with van der Waals surface area (Å²) < 4.78 is 40.2. The average Bonchev–Trinajstić information content (AvgIpc) is 3.14. The van der Waals surface area contributed by atoms with Gasteiger partial charge in [-0.3, -0.25) is 4.79 Å². The molecular weight excluding hydrogens is 333 g/mol. The Morgan fingerprint density at radius 2 is 2.16 bits per heavy atom. The lowest BCUT2D eigenvalue weighted by atomic mass is 9.80. The number of alkyl halides is 3. The van der Waals surface area contributed by atoms with Crippen LogP contribution in [0, 0.1) is 11.8 Å². The molecule has 0 saturated heterocycles. The zero-order valence-electron chi connectivity index (χ0n) is 13.5. The third-order valence-electron chi connectivity index (χ3n) is 4.52. The van der Waals surface area contributed by atoms with E-state index in [-0.39, 0.29) is 25.3 Å². The SMILES string of the molecule is O=C(NCc1ccnc(-n2cccn2)c1)[C@@H]1CCC[C@@H](C(F)(F)F)C1. The Hall–Kier alpha value is -2.38. The molecule has 0 aromatic carbocycles. The van der Waals surface area contributed by atoms with Gasteiger partial charge < -0.3 is 5.32 Å². The minimum Gasteiger partial charge on any atom is -0.352 e. The van der Waals surface area contributed by atoms with Crippen LogP contribution in [-0.4, -0.2) is 26.8 Å². The van der Waals surface area contributed by atoms with Crippen molar-refractivity contribution in [2.45, 2.75) is 38.4 Å². The van der Waals surface area contributed by atoms with E-state index < -0.39 is 18.0 Å². The molecule has 1 fully saturated rings. The van der Waals surface area contributed by atoms with E-state index >= 15 is 0 Å². The maximum Gasteiger partial charge on any atom is 0.391 e. The summed E-state index contributed by atoms with van der Waals surface area (Å²) in [5, 5.41) is 6.84. The molecule has 0 spiro atoms. The van der Waals surface area contributed by atoms with Gasteiger partial charge in [-0.1, -0.05) is 6.42 Å². The zero-order valence-corrected chi connectivity index (χ0v) is 13.5. The van der Waals surface area contributed by atoms with E-state index in [0.717, 1.165) is 5.56 Å². The molecule has 1 aliphatic carbocycles. The van der Waals surface area contributed by atoms with Crippen molar-refractivity contribution in [2.24, 2.45) is 11.8 Å². The first-order valence-electron chi connectivity index (χ1n) is 8.23. The molecule has 8 heteroatoms. The molecule has 1 amide bonds. The second-order valence-electron chi connectivity index (χ2n) is 6.29. The molecule has 2 aromatic rings. The van der Waals surface area contributed by atoms with Crippen LogP contribution >= 0.6 is 0 Å². The van der Waals surface area contributed by atoms with E-state index in [4.69, 9.17) is 0 Å². The van der Waals surface area contributed by atoms with Crippen molar-refractivity contribution in [3.63, 3.8) is 0 Å². The molecule has 134 valence electrons. The van der Waals surface area contributed by atoms with Crippen molar-refractivity contribution >= 4 is 5.91 Å². The van der Waals surface area contributed by atoms with Crippen LogP contribution in [0.25, 0.3) is 5.82 Å². The molecule has 5 nitrogen and oxygen atoms in total. The number of carbonyl (C=O) groups is 1. The van der Waals surface area contributed by atoms with E-state index in [1.165, 1.54) is 0 Å². The van der Waals surface area contributed by atoms with Crippen LogP contribution in [0.15, 0.2) is 36.8 Å². The molecular formula is C17H19F3N4O. The van der Waals surface area contributed by atoms with E-state index in [1.807, 2.05) is 0 Å². The predicted molar refractivity (Wildman–Crippen MR) is 84.7 cm³/mol. The highest BCUT2D eigenvalue weighted by molar-refractivity contribution is 5.78. The molecule has 0 radical (unpaired) electrons. The Morgan fingerprint density at radius 1 is 1.32 bits per heavy atom. The first-order chi connectivity index (χ1) is 11.9. The normalized spacial score (nSPS) is 21.1. The van der Waals surface area contributed by atoms with Gasteiger partial charge in [-0.25, -0.2) is 9.67 Å². The second kappa shape index (κ2) is 7.25. The lowest BCUT2D eigenvalue weighted by molar-refractivity contribution is -0.186. The first kappa shape index (κ1) is 17.4. The van der Waals surface area contributed by atoms with Gasteiger partial charge in [-0.05, 0) is 43.0 Å². The summed E-state index contributed by atoms with van der Waals surface area (Å²) in [4.78, 5) is 16.4. The Morgan fingerprint density at radius 3 is 2.88 bits per heavy atom. The van der Waals surface area contributed by atoms with Crippen LogP contribution in [-0.2, 0) is 11.3 Å². The van der Waals surface area contributed by atoms with Gasteiger partial charge in [0.25, 0.3) is 0 Å². The van der Waals surface area contributed by atoms with E-state index in [1.54, 1.807) is 41.5 Å². The van der Waals surface area contributed by atoms with Crippen LogP contribution in [0.3, 0.4) is 0 Å². The summed E-state index contributed by atoms with van der Waals surface area (Å²) in [6, 6.07) is 5.32. The smallest absolute Gasteiger partial charge is 0.352 e. The molecule has 0 bridgehead atoms. The van der Waals surface area contributed by atoms with E-state index in [2.05, 4.69) is 15.4 Å². The van der Waals surface area contributed by atoms with Crippen molar-refractivity contribution in [3.05, 3.63) is 42.4 Å². The summed E-state index contributed by atoms with van der Waals surface area (Å²) >= 11 is 0. The Balaban J connectivity index is 1.58. The fraction of sp³-hybridized carbons (Fsp3) is 0.471. The summed E-state index contributed by atoms with van der Waals surface area (Å²) in [5.74, 6) is -1.64. The molecule has 2 atom stereocenters. The largest absolute Gasteiger partial charge is 0.391 e.